The van der Waals surface area contributed by atoms with Gasteiger partial charge >= 0.3 is 0 Å². The molecule has 0 bridgehead atoms. The molecule has 0 spiro atoms. The number of hydrogen-bond acceptors (Lipinski definition) is 4. The number of ether oxygens (including phenoxy) is 1. The van der Waals surface area contributed by atoms with E-state index in [0.29, 0.717) is 6.61 Å². The van der Waals surface area contributed by atoms with Crippen LogP contribution in [-0.2, 0) is 7.05 Å². The molecule has 0 radical (unpaired) electrons. The van der Waals surface area contributed by atoms with Crippen LogP contribution in [0.3, 0.4) is 0 Å². The van der Waals surface area contributed by atoms with Crippen LogP contribution in [0.15, 0.2) is 41.6 Å². The Balaban J connectivity index is 2.13. The van der Waals surface area contributed by atoms with E-state index in [1.807, 2.05) is 42.9 Å². The summed E-state index contributed by atoms with van der Waals surface area (Å²) in [6, 6.07) is 7.81. The molecule has 0 aliphatic heterocycles. The maximum Gasteiger partial charge on any atom is 0.186 e. The van der Waals surface area contributed by atoms with Gasteiger partial charge in [0.25, 0.3) is 0 Å². The van der Waals surface area contributed by atoms with Gasteiger partial charge in [-0.1, -0.05) is 25.3 Å². The summed E-state index contributed by atoms with van der Waals surface area (Å²) in [5.41, 5.74) is 1.99. The summed E-state index contributed by atoms with van der Waals surface area (Å²) in [5, 5.41) is 5.37. The van der Waals surface area contributed by atoms with Crippen LogP contribution < -0.4 is 4.74 Å². The van der Waals surface area contributed by atoms with Gasteiger partial charge in [-0.25, -0.2) is 9.67 Å². The van der Waals surface area contributed by atoms with Gasteiger partial charge in [-0.05, 0) is 42.5 Å². The van der Waals surface area contributed by atoms with Gasteiger partial charge in [-0.2, -0.15) is 5.10 Å². The summed E-state index contributed by atoms with van der Waals surface area (Å²) >= 11 is 1.69. The number of hydrogen-bond donors (Lipinski definition) is 0. The molecule has 2 rings (SSSR count). The van der Waals surface area contributed by atoms with Gasteiger partial charge in [0, 0.05) is 12.6 Å². The Morgan fingerprint density at radius 3 is 2.65 bits per heavy atom. The molecule has 1 heterocycles. The number of benzene rings is 1. The Morgan fingerprint density at radius 1 is 1.35 bits per heavy atom. The van der Waals surface area contributed by atoms with Crippen molar-refractivity contribution in [3.05, 3.63) is 36.4 Å². The summed E-state index contributed by atoms with van der Waals surface area (Å²) in [6.07, 6.45) is 0. The van der Waals surface area contributed by atoms with Crippen LogP contribution in [0.5, 0.6) is 5.75 Å². The Hall–Kier alpha value is -1.75. The average molecular weight is 289 g/mol. The molecule has 0 N–H and O–H groups in total. The molecule has 20 heavy (non-hydrogen) atoms. The van der Waals surface area contributed by atoms with Gasteiger partial charge < -0.3 is 4.74 Å². The Labute approximate surface area is 123 Å². The molecule has 0 atom stereocenters. The molecular weight excluding hydrogens is 270 g/mol. The van der Waals surface area contributed by atoms with Crippen molar-refractivity contribution < 1.29 is 4.74 Å². The number of aryl methyl sites for hydroxylation is 1. The first-order valence-electron chi connectivity index (χ1n) is 6.51. The molecule has 0 saturated carbocycles. The molecule has 0 fully saturated rings. The maximum absolute atomic E-state index is 5.58. The van der Waals surface area contributed by atoms with Crippen molar-refractivity contribution in [1.29, 1.82) is 0 Å². The van der Waals surface area contributed by atoms with Crippen LogP contribution in [-0.4, -0.2) is 27.1 Å². The van der Waals surface area contributed by atoms with E-state index in [0.717, 1.165) is 33.6 Å². The highest BCUT2D eigenvalue weighted by molar-refractivity contribution is 7.99. The van der Waals surface area contributed by atoms with E-state index >= 15 is 0 Å². The zero-order valence-corrected chi connectivity index (χ0v) is 12.9. The third kappa shape index (κ3) is 3.63. The van der Waals surface area contributed by atoms with Crippen molar-refractivity contribution in [1.82, 2.24) is 14.8 Å². The topological polar surface area (TPSA) is 39.9 Å². The molecule has 0 aliphatic carbocycles. The number of nitrogens with zero attached hydrogens (tertiary/aromatic N) is 3. The summed E-state index contributed by atoms with van der Waals surface area (Å²) in [7, 11) is 1.92. The molecule has 1 aromatic heterocycles. The minimum Gasteiger partial charge on any atom is -0.489 e. The largest absolute Gasteiger partial charge is 0.489 e. The van der Waals surface area contributed by atoms with Crippen LogP contribution in [0.25, 0.3) is 11.4 Å². The van der Waals surface area contributed by atoms with Gasteiger partial charge in [0.1, 0.15) is 12.4 Å². The molecule has 5 heteroatoms. The smallest absolute Gasteiger partial charge is 0.186 e. The predicted molar refractivity (Wildman–Crippen MR) is 83.1 cm³/mol. The first-order chi connectivity index (χ1) is 9.60. The van der Waals surface area contributed by atoms with Crippen molar-refractivity contribution in [2.24, 2.45) is 7.05 Å². The maximum atomic E-state index is 5.58. The average Bonchev–Trinajstić information content (AvgIpc) is 2.79. The van der Waals surface area contributed by atoms with E-state index in [4.69, 9.17) is 4.74 Å². The molecule has 4 nitrogen and oxygen atoms in total. The normalized spacial score (nSPS) is 10.6. The third-order valence-electron chi connectivity index (χ3n) is 2.59. The Bertz CT molecular complexity index is 590. The molecular formula is C15H19N3OS. The van der Waals surface area contributed by atoms with Crippen molar-refractivity contribution in [3.8, 4) is 17.1 Å². The summed E-state index contributed by atoms with van der Waals surface area (Å²) in [6.45, 7) is 8.40. The fourth-order valence-electron chi connectivity index (χ4n) is 1.65. The number of rotatable bonds is 6. The van der Waals surface area contributed by atoms with Crippen LogP contribution in [0.1, 0.15) is 13.8 Å². The molecule has 0 amide bonds. The SMILES string of the molecule is C=C(C)COc1ccc(-c2nc(SCC)n(C)n2)cc1. The van der Waals surface area contributed by atoms with E-state index in [9.17, 15) is 0 Å². The molecule has 106 valence electrons. The fraction of sp³-hybridized carbons (Fsp3) is 0.333. The Kier molecular flexibility index (Phi) is 4.84. The van der Waals surface area contributed by atoms with Gasteiger partial charge in [0.2, 0.25) is 0 Å². The third-order valence-corrected chi connectivity index (χ3v) is 3.50. The summed E-state index contributed by atoms with van der Waals surface area (Å²) in [5.74, 6) is 2.56. The molecule has 0 unspecified atom stereocenters. The molecule has 1 aromatic carbocycles. The van der Waals surface area contributed by atoms with Crippen LogP contribution in [0.4, 0.5) is 0 Å². The fourth-order valence-corrected chi connectivity index (χ4v) is 2.29. The minimum absolute atomic E-state index is 0.540. The van der Waals surface area contributed by atoms with E-state index in [1.54, 1.807) is 11.8 Å². The first-order valence-corrected chi connectivity index (χ1v) is 7.50. The van der Waals surface area contributed by atoms with E-state index in [2.05, 4.69) is 23.6 Å². The van der Waals surface area contributed by atoms with E-state index < -0.39 is 0 Å². The van der Waals surface area contributed by atoms with Crippen LogP contribution >= 0.6 is 11.8 Å². The second kappa shape index (κ2) is 6.61. The quantitative estimate of drug-likeness (QED) is 0.602. The minimum atomic E-state index is 0.540. The molecule has 0 aliphatic rings. The lowest BCUT2D eigenvalue weighted by molar-refractivity contribution is 0.353. The van der Waals surface area contributed by atoms with Gasteiger partial charge in [-0.15, -0.1) is 0 Å². The van der Waals surface area contributed by atoms with Crippen molar-refractivity contribution in [2.45, 2.75) is 19.0 Å². The highest BCUT2D eigenvalue weighted by Crippen LogP contribution is 2.23. The zero-order chi connectivity index (χ0) is 14.5. The monoisotopic (exact) mass is 289 g/mol. The Morgan fingerprint density at radius 2 is 2.05 bits per heavy atom. The van der Waals surface area contributed by atoms with E-state index in [-0.39, 0.29) is 0 Å². The lowest BCUT2D eigenvalue weighted by atomic mass is 10.2. The predicted octanol–water partition coefficient (Wildman–Crippen LogP) is 3.55. The lowest BCUT2D eigenvalue weighted by Gasteiger charge is -2.05. The second-order valence-electron chi connectivity index (χ2n) is 4.54. The van der Waals surface area contributed by atoms with Crippen molar-refractivity contribution in [2.75, 3.05) is 12.4 Å². The van der Waals surface area contributed by atoms with Crippen molar-refractivity contribution in [3.63, 3.8) is 0 Å². The lowest BCUT2D eigenvalue weighted by Crippen LogP contribution is -1.97. The molecule has 2 aromatic rings. The van der Waals surface area contributed by atoms with Crippen LogP contribution in [0.2, 0.25) is 0 Å². The number of thioether (sulfide) groups is 1. The van der Waals surface area contributed by atoms with Gasteiger partial charge in [0.15, 0.2) is 11.0 Å². The summed E-state index contributed by atoms with van der Waals surface area (Å²) < 4.78 is 7.39. The number of aromatic nitrogens is 3. The highest BCUT2D eigenvalue weighted by Gasteiger charge is 2.09. The van der Waals surface area contributed by atoms with Gasteiger partial charge in [0.05, 0.1) is 0 Å². The first kappa shape index (κ1) is 14.7. The highest BCUT2D eigenvalue weighted by atomic mass is 32.2. The van der Waals surface area contributed by atoms with Gasteiger partial charge in [-0.3, -0.25) is 0 Å². The van der Waals surface area contributed by atoms with E-state index in [1.165, 1.54) is 0 Å². The summed E-state index contributed by atoms with van der Waals surface area (Å²) in [4.78, 5) is 4.53. The second-order valence-corrected chi connectivity index (χ2v) is 5.78. The zero-order valence-electron chi connectivity index (χ0n) is 12.1. The van der Waals surface area contributed by atoms with Crippen molar-refractivity contribution >= 4 is 11.8 Å². The molecule has 0 saturated heterocycles. The standard InChI is InChI=1S/C15H19N3OS/c1-5-20-15-16-14(17-18(15)4)12-6-8-13(9-7-12)19-10-11(2)3/h6-9H,2,5,10H2,1,3-4H3. The van der Waals surface area contributed by atoms with Crippen LogP contribution in [0, 0.1) is 0 Å².